The number of nitrogens with zero attached hydrogens (tertiary/aromatic N) is 1. The van der Waals surface area contributed by atoms with Crippen LogP contribution in [0.3, 0.4) is 0 Å². The number of anilines is 2. The molecule has 0 saturated carbocycles. The van der Waals surface area contributed by atoms with Gasteiger partial charge in [0.25, 0.3) is 11.8 Å². The standard InChI is InChI=1S/C28H25Cl2N3O3/c1-16-8-9-22(10-18(16)3)32-26(34)15-36-27-23(29)12-20(13-24(27)30)11-21(14-31)28(35)33-25-7-5-6-17(2)19(25)4/h5-13H,15H2,1-4H3,(H,32,34)(H,33,35)/b21-11-. The topological polar surface area (TPSA) is 91.2 Å². The van der Waals surface area contributed by atoms with Gasteiger partial charge in [-0.25, -0.2) is 0 Å². The second-order valence-electron chi connectivity index (χ2n) is 8.32. The monoisotopic (exact) mass is 521 g/mol. The third-order valence-electron chi connectivity index (χ3n) is 5.69. The van der Waals surface area contributed by atoms with Crippen molar-refractivity contribution in [3.63, 3.8) is 0 Å². The van der Waals surface area contributed by atoms with Crippen molar-refractivity contribution in [2.24, 2.45) is 0 Å². The highest BCUT2D eigenvalue weighted by Crippen LogP contribution is 2.35. The molecule has 3 aromatic carbocycles. The molecule has 0 saturated heterocycles. The van der Waals surface area contributed by atoms with Crippen LogP contribution in [-0.2, 0) is 9.59 Å². The zero-order valence-electron chi connectivity index (χ0n) is 20.3. The van der Waals surface area contributed by atoms with E-state index in [1.165, 1.54) is 18.2 Å². The minimum Gasteiger partial charge on any atom is -0.481 e. The molecule has 0 aromatic heterocycles. The molecule has 3 aromatic rings. The Morgan fingerprint density at radius 1 is 0.944 bits per heavy atom. The Bertz CT molecular complexity index is 1380. The Morgan fingerprint density at radius 3 is 2.28 bits per heavy atom. The normalized spacial score (nSPS) is 11.0. The Kier molecular flexibility index (Phi) is 8.76. The summed E-state index contributed by atoms with van der Waals surface area (Å²) < 4.78 is 5.55. The van der Waals surface area contributed by atoms with Gasteiger partial charge in [-0.1, -0.05) is 41.4 Å². The fourth-order valence-corrected chi connectivity index (χ4v) is 3.96. The lowest BCUT2D eigenvalue weighted by Crippen LogP contribution is -2.20. The van der Waals surface area contributed by atoms with E-state index >= 15 is 0 Å². The second kappa shape index (κ2) is 11.8. The van der Waals surface area contributed by atoms with Gasteiger partial charge in [0.15, 0.2) is 12.4 Å². The van der Waals surface area contributed by atoms with E-state index in [0.717, 1.165) is 22.3 Å². The van der Waals surface area contributed by atoms with E-state index in [1.54, 1.807) is 6.07 Å². The molecule has 0 aliphatic rings. The fraction of sp³-hybridized carbons (Fsp3) is 0.179. The van der Waals surface area contributed by atoms with Crippen molar-refractivity contribution < 1.29 is 14.3 Å². The quantitative estimate of drug-likeness (QED) is 0.264. The summed E-state index contributed by atoms with van der Waals surface area (Å²) in [7, 11) is 0. The number of nitrogens with one attached hydrogen (secondary N) is 2. The van der Waals surface area contributed by atoms with Crippen molar-refractivity contribution in [1.82, 2.24) is 0 Å². The molecule has 8 heteroatoms. The first-order valence-corrected chi connectivity index (χ1v) is 11.8. The van der Waals surface area contributed by atoms with Gasteiger partial charge in [0.2, 0.25) is 0 Å². The molecule has 6 nitrogen and oxygen atoms in total. The highest BCUT2D eigenvalue weighted by Gasteiger charge is 2.15. The van der Waals surface area contributed by atoms with Crippen LogP contribution >= 0.6 is 23.2 Å². The lowest BCUT2D eigenvalue weighted by molar-refractivity contribution is -0.118. The van der Waals surface area contributed by atoms with Gasteiger partial charge >= 0.3 is 0 Å². The predicted molar refractivity (Wildman–Crippen MR) is 145 cm³/mol. The highest BCUT2D eigenvalue weighted by atomic mass is 35.5. The molecule has 0 aliphatic heterocycles. The van der Waals surface area contributed by atoms with Crippen molar-refractivity contribution >= 4 is 52.5 Å². The summed E-state index contributed by atoms with van der Waals surface area (Å²) in [6.45, 7) is 7.48. The van der Waals surface area contributed by atoms with Crippen LogP contribution < -0.4 is 15.4 Å². The lowest BCUT2D eigenvalue weighted by atomic mass is 10.1. The van der Waals surface area contributed by atoms with Crippen LogP contribution in [0.4, 0.5) is 11.4 Å². The maximum Gasteiger partial charge on any atom is 0.266 e. The number of carbonyl (C=O) groups is 2. The lowest BCUT2D eigenvalue weighted by Gasteiger charge is -2.12. The number of hydrogen-bond acceptors (Lipinski definition) is 4. The van der Waals surface area contributed by atoms with E-state index in [-0.39, 0.29) is 33.9 Å². The smallest absolute Gasteiger partial charge is 0.266 e. The molecule has 0 fully saturated rings. The first kappa shape index (κ1) is 26.8. The van der Waals surface area contributed by atoms with Crippen LogP contribution in [0.2, 0.25) is 10.0 Å². The average molecular weight is 522 g/mol. The van der Waals surface area contributed by atoms with Crippen LogP contribution in [0.25, 0.3) is 6.08 Å². The van der Waals surface area contributed by atoms with E-state index in [9.17, 15) is 14.9 Å². The van der Waals surface area contributed by atoms with E-state index < -0.39 is 5.91 Å². The van der Waals surface area contributed by atoms with Crippen LogP contribution in [0.1, 0.15) is 27.8 Å². The molecule has 3 rings (SSSR count). The SMILES string of the molecule is Cc1ccc(NC(=O)COc2c(Cl)cc(/C=C(/C#N)C(=O)Nc3cccc(C)c3C)cc2Cl)cc1C. The van der Waals surface area contributed by atoms with Crippen molar-refractivity contribution in [2.75, 3.05) is 17.2 Å². The number of ether oxygens (including phenoxy) is 1. The van der Waals surface area contributed by atoms with E-state index in [0.29, 0.717) is 16.9 Å². The largest absolute Gasteiger partial charge is 0.481 e. The molecule has 0 bridgehead atoms. The Balaban J connectivity index is 1.71. The number of aryl methyl sites for hydroxylation is 3. The molecule has 0 radical (unpaired) electrons. The molecule has 0 atom stereocenters. The molecule has 0 aliphatic carbocycles. The predicted octanol–water partition coefficient (Wildman–Crippen LogP) is 6.79. The van der Waals surface area contributed by atoms with Crippen molar-refractivity contribution in [3.8, 4) is 11.8 Å². The summed E-state index contributed by atoms with van der Waals surface area (Å²) in [5, 5.41) is 15.3. The summed E-state index contributed by atoms with van der Waals surface area (Å²) in [6, 6.07) is 16.1. The van der Waals surface area contributed by atoms with Gasteiger partial charge in [-0.2, -0.15) is 5.26 Å². The Labute approximate surface area is 220 Å². The van der Waals surface area contributed by atoms with Gasteiger partial charge in [0, 0.05) is 11.4 Å². The molecular formula is C28H25Cl2N3O3. The van der Waals surface area contributed by atoms with Gasteiger partial charge in [-0.05, 0) is 91.9 Å². The van der Waals surface area contributed by atoms with Crippen molar-refractivity contribution in [1.29, 1.82) is 5.26 Å². The maximum absolute atomic E-state index is 12.7. The zero-order valence-corrected chi connectivity index (χ0v) is 21.8. The summed E-state index contributed by atoms with van der Waals surface area (Å²) in [6.07, 6.45) is 1.38. The zero-order chi connectivity index (χ0) is 26.4. The summed E-state index contributed by atoms with van der Waals surface area (Å²) >= 11 is 12.7. The number of carbonyl (C=O) groups excluding carboxylic acids is 2. The third-order valence-corrected chi connectivity index (χ3v) is 6.25. The Morgan fingerprint density at radius 2 is 1.64 bits per heavy atom. The van der Waals surface area contributed by atoms with Crippen molar-refractivity contribution in [2.45, 2.75) is 27.7 Å². The van der Waals surface area contributed by atoms with Gasteiger partial charge < -0.3 is 15.4 Å². The molecule has 0 heterocycles. The first-order chi connectivity index (χ1) is 17.1. The number of benzene rings is 3. The number of halogens is 2. The number of rotatable bonds is 7. The summed E-state index contributed by atoms with van der Waals surface area (Å²) in [5.74, 6) is -0.796. The molecule has 36 heavy (non-hydrogen) atoms. The average Bonchev–Trinajstić information content (AvgIpc) is 2.82. The highest BCUT2D eigenvalue weighted by molar-refractivity contribution is 6.37. The minimum absolute atomic E-state index is 0.121. The van der Waals surface area contributed by atoms with E-state index in [2.05, 4.69) is 10.6 Å². The molecule has 2 amide bonds. The van der Waals surface area contributed by atoms with E-state index in [4.69, 9.17) is 27.9 Å². The van der Waals surface area contributed by atoms with Crippen LogP contribution in [0, 0.1) is 39.0 Å². The van der Waals surface area contributed by atoms with Crippen molar-refractivity contribution in [3.05, 3.63) is 92.0 Å². The molecule has 0 spiro atoms. The van der Waals surface area contributed by atoms with Crippen LogP contribution in [0.15, 0.2) is 54.1 Å². The van der Waals surface area contributed by atoms with Gasteiger partial charge in [-0.3, -0.25) is 9.59 Å². The second-order valence-corrected chi connectivity index (χ2v) is 9.14. The first-order valence-electron chi connectivity index (χ1n) is 11.1. The third kappa shape index (κ3) is 6.66. The maximum atomic E-state index is 12.7. The number of nitriles is 1. The molecule has 2 N–H and O–H groups in total. The van der Waals surface area contributed by atoms with E-state index in [1.807, 2.05) is 64.1 Å². The minimum atomic E-state index is -0.554. The summed E-state index contributed by atoms with van der Waals surface area (Å²) in [4.78, 5) is 25.0. The van der Waals surface area contributed by atoms with Crippen LogP contribution in [-0.4, -0.2) is 18.4 Å². The van der Waals surface area contributed by atoms with Gasteiger partial charge in [0.1, 0.15) is 11.6 Å². The number of amides is 2. The van der Waals surface area contributed by atoms with Crippen LogP contribution in [0.5, 0.6) is 5.75 Å². The molecular weight excluding hydrogens is 497 g/mol. The summed E-state index contributed by atoms with van der Waals surface area (Å²) in [5.41, 5.74) is 5.72. The van der Waals surface area contributed by atoms with Gasteiger partial charge in [-0.15, -0.1) is 0 Å². The Hall–Kier alpha value is -3.79. The fourth-order valence-electron chi connectivity index (χ4n) is 3.35. The molecule has 184 valence electrons. The number of hydrogen-bond donors (Lipinski definition) is 2. The van der Waals surface area contributed by atoms with Gasteiger partial charge in [0.05, 0.1) is 10.0 Å². The molecule has 0 unspecified atom stereocenters.